The normalized spacial score (nSPS) is 34.5. The van der Waals surface area contributed by atoms with E-state index in [4.69, 9.17) is 23.7 Å². The van der Waals surface area contributed by atoms with Gasteiger partial charge in [-0.05, 0) is 25.7 Å². The Morgan fingerprint density at radius 2 is 1.58 bits per heavy atom. The molecule has 0 bridgehead atoms. The van der Waals surface area contributed by atoms with E-state index in [2.05, 4.69) is 10.5 Å². The van der Waals surface area contributed by atoms with Crippen LogP contribution in [-0.4, -0.2) is 59.3 Å². The summed E-state index contributed by atoms with van der Waals surface area (Å²) in [6.45, 7) is 0. The van der Waals surface area contributed by atoms with Gasteiger partial charge >= 0.3 is 0 Å². The lowest BCUT2D eigenvalue weighted by atomic mass is 9.94. The molecule has 1 aromatic rings. The molecule has 5 fully saturated rings. The quantitative estimate of drug-likeness (QED) is 0.378. The summed E-state index contributed by atoms with van der Waals surface area (Å²) in [6.07, 6.45) is 7.44. The fourth-order valence-corrected chi connectivity index (χ4v) is 6.12. The average molecular weight is 502 g/mol. The van der Waals surface area contributed by atoms with Crippen LogP contribution in [0.3, 0.4) is 0 Å². The molecule has 1 N–H and O–H groups in total. The highest BCUT2D eigenvalue weighted by Gasteiger charge is 2.65. The van der Waals surface area contributed by atoms with Gasteiger partial charge in [0.1, 0.15) is 18.3 Å². The average Bonchev–Trinajstić information content (AvgIpc) is 3.42. The first-order valence-electron chi connectivity index (χ1n) is 12.9. The van der Waals surface area contributed by atoms with Crippen molar-refractivity contribution in [3.8, 4) is 0 Å². The molecule has 36 heavy (non-hydrogen) atoms. The second-order valence-corrected chi connectivity index (χ2v) is 10.3. The lowest BCUT2D eigenvalue weighted by Gasteiger charge is -2.36. The van der Waals surface area contributed by atoms with Gasteiger partial charge in [0.05, 0.1) is 11.1 Å². The van der Waals surface area contributed by atoms with Crippen LogP contribution in [0.15, 0.2) is 29.4 Å². The minimum absolute atomic E-state index is 0.0564. The van der Waals surface area contributed by atoms with Crippen LogP contribution in [-0.2, 0) is 28.5 Å². The van der Waals surface area contributed by atoms with Gasteiger partial charge in [0.2, 0.25) is 0 Å². The third kappa shape index (κ3) is 4.43. The summed E-state index contributed by atoms with van der Waals surface area (Å²) in [4.78, 5) is 23.8. The van der Waals surface area contributed by atoms with Crippen molar-refractivity contribution in [2.24, 2.45) is 5.10 Å². The molecule has 1 amide bonds. The van der Waals surface area contributed by atoms with E-state index < -0.39 is 53.1 Å². The standard InChI is InChI=1S/C25H31N3O8/c29-22(27-26-15-16-8-7-9-17(14-16)28(30)31)20-18-19(34-24(33-18)10-3-1-4-11-24)21-23(32-20)36-25(35-21)12-5-2-6-13-25/h7-9,14-15,18-21,23H,1-6,10-13H2,(H,27,29)/b26-15-/t18-,19-,20-,21+,23-/m0/s1. The maximum Gasteiger partial charge on any atom is 0.272 e. The molecule has 194 valence electrons. The van der Waals surface area contributed by atoms with Gasteiger partial charge in [0.15, 0.2) is 24.0 Å². The molecule has 5 aliphatic rings. The van der Waals surface area contributed by atoms with Gasteiger partial charge < -0.3 is 23.7 Å². The first kappa shape index (κ1) is 23.9. The molecule has 1 aromatic carbocycles. The lowest BCUT2D eigenvalue weighted by Crippen LogP contribution is -2.59. The SMILES string of the molecule is O=C(N/N=C\c1cccc([N+](=O)[O-])c1)[C@H]1O[C@H]2OC3(CCCCC3)O[C@@H]2[C@H]2OC3(CCCCC3)O[C@@H]21. The van der Waals surface area contributed by atoms with Crippen LogP contribution >= 0.6 is 0 Å². The maximum atomic E-state index is 13.2. The largest absolute Gasteiger partial charge is 0.341 e. The Morgan fingerprint density at radius 3 is 2.28 bits per heavy atom. The molecule has 2 spiro atoms. The fraction of sp³-hybridized carbons (Fsp3) is 0.680. The molecular formula is C25H31N3O8. The van der Waals surface area contributed by atoms with Crippen molar-refractivity contribution in [1.29, 1.82) is 0 Å². The summed E-state index contributed by atoms with van der Waals surface area (Å²) < 4.78 is 31.9. The van der Waals surface area contributed by atoms with E-state index in [0.29, 0.717) is 5.56 Å². The molecule has 11 nitrogen and oxygen atoms in total. The predicted molar refractivity (Wildman–Crippen MR) is 125 cm³/mol. The molecule has 3 aliphatic heterocycles. The van der Waals surface area contributed by atoms with Crippen LogP contribution in [0.1, 0.15) is 69.8 Å². The highest BCUT2D eigenvalue weighted by molar-refractivity contribution is 5.85. The van der Waals surface area contributed by atoms with Crippen molar-refractivity contribution < 1.29 is 33.4 Å². The minimum Gasteiger partial charge on any atom is -0.341 e. The van der Waals surface area contributed by atoms with Crippen molar-refractivity contribution in [3.63, 3.8) is 0 Å². The van der Waals surface area contributed by atoms with Gasteiger partial charge in [0.25, 0.3) is 11.6 Å². The number of hydrogen-bond acceptors (Lipinski definition) is 9. The predicted octanol–water partition coefficient (Wildman–Crippen LogP) is 3.29. The summed E-state index contributed by atoms with van der Waals surface area (Å²) in [5.74, 6) is -1.92. The zero-order valence-electron chi connectivity index (χ0n) is 20.0. The first-order chi connectivity index (χ1) is 17.5. The van der Waals surface area contributed by atoms with Gasteiger partial charge in [-0.15, -0.1) is 0 Å². The number of nitrogens with zero attached hydrogens (tertiary/aromatic N) is 2. The summed E-state index contributed by atoms with van der Waals surface area (Å²) in [7, 11) is 0. The van der Waals surface area contributed by atoms with E-state index in [0.717, 1.165) is 64.2 Å². The molecule has 5 atom stereocenters. The topological polar surface area (TPSA) is 131 Å². The molecule has 3 heterocycles. The van der Waals surface area contributed by atoms with Crippen LogP contribution in [0.4, 0.5) is 5.69 Å². The minimum atomic E-state index is -0.998. The molecule has 6 rings (SSSR count). The van der Waals surface area contributed by atoms with E-state index in [-0.39, 0.29) is 5.69 Å². The Balaban J connectivity index is 1.20. The van der Waals surface area contributed by atoms with Crippen molar-refractivity contribution in [3.05, 3.63) is 39.9 Å². The number of benzene rings is 1. The van der Waals surface area contributed by atoms with E-state index >= 15 is 0 Å². The second kappa shape index (κ2) is 9.46. The van der Waals surface area contributed by atoms with Gasteiger partial charge in [-0.3, -0.25) is 14.9 Å². The van der Waals surface area contributed by atoms with Crippen molar-refractivity contribution in [2.75, 3.05) is 0 Å². The molecule has 3 saturated heterocycles. The van der Waals surface area contributed by atoms with Crippen molar-refractivity contribution >= 4 is 17.8 Å². The zero-order chi connectivity index (χ0) is 24.8. The number of ether oxygens (including phenoxy) is 5. The Bertz CT molecular complexity index is 1040. The van der Waals surface area contributed by atoms with Gasteiger partial charge in [-0.1, -0.05) is 25.0 Å². The number of amides is 1. The van der Waals surface area contributed by atoms with Gasteiger partial charge in [-0.25, -0.2) is 5.43 Å². The summed E-state index contributed by atoms with van der Waals surface area (Å²) >= 11 is 0. The summed E-state index contributed by atoms with van der Waals surface area (Å²) in [5.41, 5.74) is 2.94. The second-order valence-electron chi connectivity index (χ2n) is 10.3. The van der Waals surface area contributed by atoms with Gasteiger partial charge in [-0.2, -0.15) is 5.10 Å². The molecule has 0 unspecified atom stereocenters. The zero-order valence-corrected chi connectivity index (χ0v) is 20.0. The van der Waals surface area contributed by atoms with E-state index in [9.17, 15) is 14.9 Å². The third-order valence-electron chi connectivity index (χ3n) is 7.84. The smallest absolute Gasteiger partial charge is 0.272 e. The van der Waals surface area contributed by atoms with E-state index in [1.54, 1.807) is 12.1 Å². The number of fused-ring (bicyclic) bond motifs is 3. The number of carbonyl (C=O) groups is 1. The molecular weight excluding hydrogens is 470 g/mol. The van der Waals surface area contributed by atoms with Crippen LogP contribution in [0.5, 0.6) is 0 Å². The van der Waals surface area contributed by atoms with E-state index in [1.165, 1.54) is 18.3 Å². The van der Waals surface area contributed by atoms with Gasteiger partial charge in [0, 0.05) is 43.4 Å². The van der Waals surface area contributed by atoms with E-state index in [1.807, 2.05) is 0 Å². The lowest BCUT2D eigenvalue weighted by molar-refractivity contribution is -0.384. The molecule has 0 radical (unpaired) electrons. The molecule has 0 aromatic heterocycles. The third-order valence-corrected chi connectivity index (χ3v) is 7.84. The van der Waals surface area contributed by atoms with Crippen LogP contribution in [0, 0.1) is 10.1 Å². The monoisotopic (exact) mass is 501 g/mol. The Kier molecular flexibility index (Phi) is 6.29. The first-order valence-corrected chi connectivity index (χ1v) is 12.9. The van der Waals surface area contributed by atoms with Crippen molar-refractivity contribution in [1.82, 2.24) is 5.43 Å². The number of carbonyl (C=O) groups excluding carboxylic acids is 1. The molecule has 2 aliphatic carbocycles. The number of nitro benzene ring substituents is 1. The molecule has 11 heteroatoms. The number of hydrogen-bond donors (Lipinski definition) is 1. The number of non-ortho nitro benzene ring substituents is 1. The molecule has 2 saturated carbocycles. The Hall–Kier alpha value is -2.44. The maximum absolute atomic E-state index is 13.2. The summed E-state index contributed by atoms with van der Waals surface area (Å²) in [5, 5.41) is 15.0. The van der Waals surface area contributed by atoms with Crippen LogP contribution in [0.25, 0.3) is 0 Å². The van der Waals surface area contributed by atoms with Crippen LogP contribution in [0.2, 0.25) is 0 Å². The summed E-state index contributed by atoms with van der Waals surface area (Å²) in [6, 6.07) is 5.99. The highest BCUT2D eigenvalue weighted by Crippen LogP contribution is 2.50. The van der Waals surface area contributed by atoms with Crippen LogP contribution < -0.4 is 5.43 Å². The number of rotatable bonds is 4. The van der Waals surface area contributed by atoms with Crippen molar-refractivity contribution in [2.45, 2.75) is 106 Å². The Labute approximate surface area is 208 Å². The number of nitro groups is 1. The Morgan fingerprint density at radius 1 is 0.944 bits per heavy atom. The number of nitrogens with one attached hydrogen (secondary N) is 1. The number of hydrazone groups is 1. The highest BCUT2D eigenvalue weighted by atomic mass is 16.9. The fourth-order valence-electron chi connectivity index (χ4n) is 6.12.